The van der Waals surface area contributed by atoms with Crippen LogP contribution in [0.4, 0.5) is 5.69 Å². The summed E-state index contributed by atoms with van der Waals surface area (Å²) in [4.78, 5) is 22.1. The molecule has 2 aliphatic heterocycles. The Labute approximate surface area is 170 Å². The van der Waals surface area contributed by atoms with Crippen LogP contribution in [0.15, 0.2) is 30.5 Å². The third kappa shape index (κ3) is 3.25. The van der Waals surface area contributed by atoms with Gasteiger partial charge in [-0.2, -0.15) is 5.10 Å². The van der Waals surface area contributed by atoms with Crippen LogP contribution in [0.3, 0.4) is 0 Å². The van der Waals surface area contributed by atoms with E-state index in [0.29, 0.717) is 0 Å². The lowest BCUT2D eigenvalue weighted by Crippen LogP contribution is -2.44. The van der Waals surface area contributed by atoms with E-state index in [0.717, 1.165) is 72.0 Å². The lowest BCUT2D eigenvalue weighted by molar-refractivity contribution is 0.0924. The minimum absolute atomic E-state index is 0.0182. The molecule has 3 aromatic rings. The molecular formula is C22H26N6O. The van der Waals surface area contributed by atoms with Crippen molar-refractivity contribution in [3.63, 3.8) is 0 Å². The zero-order chi connectivity index (χ0) is 20.1. The van der Waals surface area contributed by atoms with Crippen molar-refractivity contribution in [1.29, 1.82) is 0 Å². The van der Waals surface area contributed by atoms with Crippen molar-refractivity contribution in [2.75, 3.05) is 38.1 Å². The maximum atomic E-state index is 12.9. The highest BCUT2D eigenvalue weighted by molar-refractivity contribution is 5.98. The molecule has 29 heavy (non-hydrogen) atoms. The molecule has 1 fully saturated rings. The van der Waals surface area contributed by atoms with Crippen molar-refractivity contribution in [3.05, 3.63) is 58.7 Å². The van der Waals surface area contributed by atoms with E-state index in [2.05, 4.69) is 39.3 Å². The first-order valence-electron chi connectivity index (χ1n) is 10.2. The Morgan fingerprint density at radius 1 is 1.10 bits per heavy atom. The molecule has 1 atom stereocenters. The van der Waals surface area contributed by atoms with Crippen LogP contribution in [0.1, 0.15) is 39.0 Å². The first-order chi connectivity index (χ1) is 14.0. The van der Waals surface area contributed by atoms with E-state index < -0.39 is 0 Å². The minimum Gasteiger partial charge on any atom is -0.369 e. The molecule has 1 aromatic carbocycles. The fourth-order valence-electron chi connectivity index (χ4n) is 4.38. The summed E-state index contributed by atoms with van der Waals surface area (Å²) in [6, 6.07) is 8.23. The zero-order valence-electron chi connectivity index (χ0n) is 17.1. The SMILES string of the molecule is Cc1cn2nc(C3Cc4ccc(N5CCN(C)CC5)cc4C(=O)N3)cc2c(C)n1. The molecule has 0 radical (unpaired) electrons. The summed E-state index contributed by atoms with van der Waals surface area (Å²) < 4.78 is 1.87. The fourth-order valence-corrected chi connectivity index (χ4v) is 4.38. The Balaban J connectivity index is 1.42. The van der Waals surface area contributed by atoms with E-state index in [4.69, 9.17) is 5.10 Å². The number of likely N-dealkylation sites (N-methyl/N-ethyl adjacent to an activating group) is 1. The average Bonchev–Trinajstić information content (AvgIpc) is 3.13. The van der Waals surface area contributed by atoms with Gasteiger partial charge in [0.1, 0.15) is 0 Å². The third-order valence-corrected chi connectivity index (χ3v) is 6.07. The molecule has 0 saturated carbocycles. The number of aromatic nitrogens is 3. The summed E-state index contributed by atoms with van der Waals surface area (Å²) in [6.45, 7) is 8.04. The second-order valence-corrected chi connectivity index (χ2v) is 8.23. The highest BCUT2D eigenvalue weighted by Gasteiger charge is 2.28. The number of nitrogens with one attached hydrogen (secondary N) is 1. The van der Waals surface area contributed by atoms with Crippen molar-refractivity contribution in [1.82, 2.24) is 24.8 Å². The predicted molar refractivity (Wildman–Crippen MR) is 113 cm³/mol. The fraction of sp³-hybridized carbons (Fsp3) is 0.409. The van der Waals surface area contributed by atoms with Gasteiger partial charge in [-0.3, -0.25) is 9.78 Å². The number of carbonyl (C=O) groups is 1. The van der Waals surface area contributed by atoms with Gasteiger partial charge >= 0.3 is 0 Å². The minimum atomic E-state index is -0.121. The average molecular weight is 390 g/mol. The van der Waals surface area contributed by atoms with Crippen molar-refractivity contribution < 1.29 is 4.79 Å². The topological polar surface area (TPSA) is 65.8 Å². The number of hydrogen-bond acceptors (Lipinski definition) is 5. The summed E-state index contributed by atoms with van der Waals surface area (Å²) in [5, 5.41) is 7.87. The second kappa shape index (κ2) is 6.84. The summed E-state index contributed by atoms with van der Waals surface area (Å²) >= 11 is 0. The molecule has 1 unspecified atom stereocenters. The molecule has 0 aliphatic carbocycles. The second-order valence-electron chi connectivity index (χ2n) is 8.23. The van der Waals surface area contributed by atoms with Gasteiger partial charge in [0, 0.05) is 37.4 Å². The van der Waals surface area contributed by atoms with Crippen LogP contribution in [-0.4, -0.2) is 58.6 Å². The quantitative estimate of drug-likeness (QED) is 0.726. The van der Waals surface area contributed by atoms with E-state index in [1.165, 1.54) is 0 Å². The smallest absolute Gasteiger partial charge is 0.252 e. The maximum Gasteiger partial charge on any atom is 0.252 e. The van der Waals surface area contributed by atoms with Crippen LogP contribution in [-0.2, 0) is 6.42 Å². The van der Waals surface area contributed by atoms with Gasteiger partial charge in [-0.15, -0.1) is 0 Å². The van der Waals surface area contributed by atoms with E-state index in [1.54, 1.807) is 0 Å². The highest BCUT2D eigenvalue weighted by atomic mass is 16.1. The normalized spacial score (nSPS) is 20.0. The van der Waals surface area contributed by atoms with E-state index in [-0.39, 0.29) is 11.9 Å². The Morgan fingerprint density at radius 3 is 2.69 bits per heavy atom. The molecule has 1 saturated heterocycles. The van der Waals surface area contributed by atoms with Crippen LogP contribution >= 0.6 is 0 Å². The Kier molecular flexibility index (Phi) is 4.28. The molecule has 5 rings (SSSR count). The number of hydrogen-bond donors (Lipinski definition) is 1. The third-order valence-electron chi connectivity index (χ3n) is 6.07. The molecule has 7 heteroatoms. The lowest BCUT2D eigenvalue weighted by atomic mass is 9.93. The molecule has 0 spiro atoms. The van der Waals surface area contributed by atoms with Crippen LogP contribution in [0.25, 0.3) is 5.52 Å². The lowest BCUT2D eigenvalue weighted by Gasteiger charge is -2.35. The number of aryl methyl sites for hydroxylation is 2. The van der Waals surface area contributed by atoms with Crippen LogP contribution < -0.4 is 10.2 Å². The first-order valence-corrected chi connectivity index (χ1v) is 10.2. The molecule has 2 aliphatic rings. The number of piperazine rings is 1. The van der Waals surface area contributed by atoms with Gasteiger partial charge in [0.15, 0.2) is 0 Å². The molecule has 1 N–H and O–H groups in total. The highest BCUT2D eigenvalue weighted by Crippen LogP contribution is 2.29. The molecule has 150 valence electrons. The van der Waals surface area contributed by atoms with Crippen LogP contribution in [0.5, 0.6) is 0 Å². The number of rotatable bonds is 2. The molecule has 1 amide bonds. The number of fused-ring (bicyclic) bond motifs is 2. The Bertz CT molecular complexity index is 1100. The number of amides is 1. The standard InChI is InChI=1S/C22H26N6O/c1-14-13-28-21(15(2)23-14)12-20(25-28)19-10-16-4-5-17(11-18(16)22(29)24-19)27-8-6-26(3)7-9-27/h4-5,11-13,19H,6-10H2,1-3H3,(H,24,29). The van der Waals surface area contributed by atoms with Gasteiger partial charge in [-0.25, -0.2) is 4.52 Å². The molecule has 4 heterocycles. The Morgan fingerprint density at radius 2 is 1.90 bits per heavy atom. The summed E-state index contributed by atoms with van der Waals surface area (Å²) in [6.07, 6.45) is 2.67. The van der Waals surface area contributed by atoms with E-state index >= 15 is 0 Å². The van der Waals surface area contributed by atoms with Gasteiger partial charge in [-0.1, -0.05) is 6.07 Å². The summed E-state index contributed by atoms with van der Waals surface area (Å²) in [5.74, 6) is -0.0182. The van der Waals surface area contributed by atoms with Crippen molar-refractivity contribution in [2.45, 2.75) is 26.3 Å². The number of carbonyl (C=O) groups excluding carboxylic acids is 1. The summed E-state index contributed by atoms with van der Waals surface area (Å²) in [7, 11) is 2.15. The maximum absolute atomic E-state index is 12.9. The van der Waals surface area contributed by atoms with Gasteiger partial charge in [0.05, 0.1) is 34.8 Å². The number of anilines is 1. The largest absolute Gasteiger partial charge is 0.369 e. The molecule has 0 bridgehead atoms. The summed E-state index contributed by atoms with van der Waals surface area (Å²) in [5.41, 5.74) is 6.74. The Hall–Kier alpha value is -2.93. The monoisotopic (exact) mass is 390 g/mol. The van der Waals surface area contributed by atoms with Gasteiger partial charge < -0.3 is 15.1 Å². The number of benzene rings is 1. The predicted octanol–water partition coefficient (Wildman–Crippen LogP) is 2.13. The molecule has 2 aromatic heterocycles. The molecule has 7 nitrogen and oxygen atoms in total. The van der Waals surface area contributed by atoms with Crippen LogP contribution in [0, 0.1) is 13.8 Å². The van der Waals surface area contributed by atoms with Crippen molar-refractivity contribution in [2.24, 2.45) is 0 Å². The molecular weight excluding hydrogens is 364 g/mol. The van der Waals surface area contributed by atoms with Gasteiger partial charge in [-0.05, 0) is 51.1 Å². The zero-order valence-corrected chi connectivity index (χ0v) is 17.1. The van der Waals surface area contributed by atoms with Crippen molar-refractivity contribution >= 4 is 17.1 Å². The van der Waals surface area contributed by atoms with E-state index in [1.807, 2.05) is 36.7 Å². The van der Waals surface area contributed by atoms with Gasteiger partial charge in [0.25, 0.3) is 5.91 Å². The van der Waals surface area contributed by atoms with Gasteiger partial charge in [0.2, 0.25) is 0 Å². The number of nitrogens with zero attached hydrogens (tertiary/aromatic N) is 5. The van der Waals surface area contributed by atoms with Crippen molar-refractivity contribution in [3.8, 4) is 0 Å². The van der Waals surface area contributed by atoms with E-state index in [9.17, 15) is 4.79 Å². The first kappa shape index (κ1) is 18.1. The van der Waals surface area contributed by atoms with Crippen LogP contribution in [0.2, 0.25) is 0 Å².